The van der Waals surface area contributed by atoms with E-state index in [0.29, 0.717) is 6.07 Å². The molecule has 23 heavy (non-hydrogen) atoms. The molecule has 0 aliphatic rings. The van der Waals surface area contributed by atoms with Gasteiger partial charge in [0.2, 0.25) is 5.91 Å². The number of carbonyl (C=O) groups excluding carboxylic acids is 1. The molecule has 0 fully saturated rings. The minimum absolute atomic E-state index is 0.132. The van der Waals surface area contributed by atoms with Crippen LogP contribution in [0, 0.1) is 5.82 Å². The van der Waals surface area contributed by atoms with Gasteiger partial charge in [-0.15, -0.1) is 0 Å². The number of hydrogen-bond acceptors (Lipinski definition) is 3. The second-order valence-corrected chi connectivity index (χ2v) is 4.96. The lowest BCUT2D eigenvalue weighted by atomic mass is 10.1. The highest BCUT2D eigenvalue weighted by Crippen LogP contribution is 2.32. The van der Waals surface area contributed by atoms with Crippen LogP contribution in [0.3, 0.4) is 0 Å². The SMILES string of the molecule is CN(CCC(=O)O)CC(=O)NCc1ccc(F)cc1C(F)(F)F. The molecule has 0 saturated heterocycles. The third-order valence-electron chi connectivity index (χ3n) is 2.97. The number of hydrogen-bond donors (Lipinski definition) is 2. The van der Waals surface area contributed by atoms with E-state index in [1.54, 1.807) is 0 Å². The van der Waals surface area contributed by atoms with Crippen molar-refractivity contribution in [2.75, 3.05) is 20.1 Å². The molecule has 128 valence electrons. The Kier molecular flexibility index (Phi) is 6.49. The van der Waals surface area contributed by atoms with E-state index in [4.69, 9.17) is 5.11 Å². The van der Waals surface area contributed by atoms with Crippen molar-refractivity contribution in [3.05, 3.63) is 35.1 Å². The number of nitrogens with one attached hydrogen (secondary N) is 1. The molecule has 0 unspecified atom stereocenters. The first-order valence-electron chi connectivity index (χ1n) is 6.62. The van der Waals surface area contributed by atoms with Crippen LogP contribution in [0.15, 0.2) is 18.2 Å². The number of likely N-dealkylation sites (N-methyl/N-ethyl adjacent to an activating group) is 1. The van der Waals surface area contributed by atoms with E-state index in [1.807, 2.05) is 0 Å². The summed E-state index contributed by atoms with van der Waals surface area (Å²) in [4.78, 5) is 23.5. The van der Waals surface area contributed by atoms with Crippen LogP contribution in [0.2, 0.25) is 0 Å². The Labute approximate surface area is 129 Å². The van der Waals surface area contributed by atoms with Crippen molar-refractivity contribution in [3.8, 4) is 0 Å². The lowest BCUT2D eigenvalue weighted by Gasteiger charge is -2.16. The van der Waals surface area contributed by atoms with E-state index < -0.39 is 36.0 Å². The first kappa shape index (κ1) is 18.9. The van der Waals surface area contributed by atoms with E-state index in [0.717, 1.165) is 12.1 Å². The fourth-order valence-electron chi connectivity index (χ4n) is 1.83. The Morgan fingerprint density at radius 1 is 1.30 bits per heavy atom. The van der Waals surface area contributed by atoms with Crippen molar-refractivity contribution in [1.82, 2.24) is 10.2 Å². The molecule has 0 radical (unpaired) electrons. The van der Waals surface area contributed by atoms with Crippen molar-refractivity contribution >= 4 is 11.9 Å². The summed E-state index contributed by atoms with van der Waals surface area (Å²) in [6.07, 6.45) is -4.87. The zero-order chi connectivity index (χ0) is 17.6. The van der Waals surface area contributed by atoms with E-state index >= 15 is 0 Å². The van der Waals surface area contributed by atoms with Crippen LogP contribution < -0.4 is 5.32 Å². The Morgan fingerprint density at radius 3 is 2.52 bits per heavy atom. The molecule has 0 aliphatic heterocycles. The minimum atomic E-state index is -4.72. The smallest absolute Gasteiger partial charge is 0.416 e. The monoisotopic (exact) mass is 336 g/mol. The highest BCUT2D eigenvalue weighted by molar-refractivity contribution is 5.78. The number of nitrogens with zero attached hydrogens (tertiary/aromatic N) is 1. The maximum absolute atomic E-state index is 13.0. The number of benzene rings is 1. The summed E-state index contributed by atoms with van der Waals surface area (Å²) in [5, 5.41) is 10.8. The normalized spacial score (nSPS) is 11.6. The maximum Gasteiger partial charge on any atom is 0.416 e. The molecule has 1 aromatic rings. The van der Waals surface area contributed by atoms with Crippen molar-refractivity contribution in [1.29, 1.82) is 0 Å². The van der Waals surface area contributed by atoms with Gasteiger partial charge in [0, 0.05) is 13.1 Å². The molecule has 1 rings (SSSR count). The lowest BCUT2D eigenvalue weighted by molar-refractivity contribution is -0.139. The highest BCUT2D eigenvalue weighted by atomic mass is 19.4. The average Bonchev–Trinajstić information content (AvgIpc) is 2.42. The zero-order valence-corrected chi connectivity index (χ0v) is 12.3. The Hall–Kier alpha value is -2.16. The van der Waals surface area contributed by atoms with Crippen LogP contribution in [-0.4, -0.2) is 42.0 Å². The van der Waals surface area contributed by atoms with Gasteiger partial charge in [-0.3, -0.25) is 14.5 Å². The molecule has 0 atom stereocenters. The van der Waals surface area contributed by atoms with Gasteiger partial charge in [0.25, 0.3) is 0 Å². The van der Waals surface area contributed by atoms with Gasteiger partial charge in [-0.1, -0.05) is 6.07 Å². The molecule has 2 N–H and O–H groups in total. The van der Waals surface area contributed by atoms with E-state index in [9.17, 15) is 27.2 Å². The number of amides is 1. The second kappa shape index (κ2) is 7.91. The summed E-state index contributed by atoms with van der Waals surface area (Å²) in [6.45, 7) is -0.427. The highest BCUT2D eigenvalue weighted by Gasteiger charge is 2.33. The standard InChI is InChI=1S/C14H16F4N2O3/c1-20(5-4-13(22)23)8-12(21)19-7-9-2-3-10(15)6-11(9)14(16,17)18/h2-3,6H,4-5,7-8H2,1H3,(H,19,21)(H,22,23). The lowest BCUT2D eigenvalue weighted by Crippen LogP contribution is -2.36. The van der Waals surface area contributed by atoms with Gasteiger partial charge < -0.3 is 10.4 Å². The molecule has 0 bridgehead atoms. The molecule has 9 heteroatoms. The summed E-state index contributed by atoms with van der Waals surface area (Å²) in [7, 11) is 1.52. The third kappa shape index (κ3) is 6.64. The molecule has 0 spiro atoms. The number of aliphatic carboxylic acids is 1. The summed E-state index contributed by atoms with van der Waals surface area (Å²) in [5.41, 5.74) is -1.39. The average molecular weight is 336 g/mol. The summed E-state index contributed by atoms with van der Waals surface area (Å²) < 4.78 is 51.3. The van der Waals surface area contributed by atoms with E-state index in [-0.39, 0.29) is 25.1 Å². The number of halogens is 4. The number of rotatable bonds is 7. The maximum atomic E-state index is 13.0. The zero-order valence-electron chi connectivity index (χ0n) is 12.3. The summed E-state index contributed by atoms with van der Waals surface area (Å²) in [5.74, 6) is -2.59. The Morgan fingerprint density at radius 2 is 1.96 bits per heavy atom. The van der Waals surface area contributed by atoms with Crippen molar-refractivity contribution in [2.45, 2.75) is 19.1 Å². The predicted molar refractivity (Wildman–Crippen MR) is 73.0 cm³/mol. The first-order valence-corrected chi connectivity index (χ1v) is 6.62. The topological polar surface area (TPSA) is 69.6 Å². The Bertz CT molecular complexity index is 576. The number of carboxylic acids is 1. The molecular weight excluding hydrogens is 320 g/mol. The van der Waals surface area contributed by atoms with Gasteiger partial charge in [-0.25, -0.2) is 4.39 Å². The summed E-state index contributed by atoms with van der Waals surface area (Å²) >= 11 is 0. The number of alkyl halides is 3. The molecule has 0 aliphatic carbocycles. The van der Waals surface area contributed by atoms with Gasteiger partial charge in [0.05, 0.1) is 18.5 Å². The van der Waals surface area contributed by atoms with Crippen LogP contribution in [0.25, 0.3) is 0 Å². The first-order chi connectivity index (χ1) is 10.6. The number of carboxylic acid groups (broad SMARTS) is 1. The predicted octanol–water partition coefficient (Wildman–Crippen LogP) is 1.87. The molecule has 1 aromatic carbocycles. The van der Waals surface area contributed by atoms with Gasteiger partial charge in [-0.05, 0) is 24.7 Å². The van der Waals surface area contributed by atoms with Crippen molar-refractivity contribution < 1.29 is 32.3 Å². The quantitative estimate of drug-likeness (QED) is 0.746. The Balaban J connectivity index is 2.61. The van der Waals surface area contributed by atoms with Gasteiger partial charge in [0.15, 0.2) is 0 Å². The van der Waals surface area contributed by atoms with Crippen molar-refractivity contribution in [3.63, 3.8) is 0 Å². The van der Waals surface area contributed by atoms with Crippen molar-refractivity contribution in [2.24, 2.45) is 0 Å². The van der Waals surface area contributed by atoms with Crippen LogP contribution in [0.1, 0.15) is 17.5 Å². The molecule has 0 heterocycles. The third-order valence-corrected chi connectivity index (χ3v) is 2.97. The van der Waals surface area contributed by atoms with Gasteiger partial charge >= 0.3 is 12.1 Å². The van der Waals surface area contributed by atoms with Crippen LogP contribution >= 0.6 is 0 Å². The van der Waals surface area contributed by atoms with E-state index in [1.165, 1.54) is 11.9 Å². The van der Waals surface area contributed by atoms with E-state index in [2.05, 4.69) is 5.32 Å². The minimum Gasteiger partial charge on any atom is -0.481 e. The molecule has 0 aromatic heterocycles. The van der Waals surface area contributed by atoms with Crippen LogP contribution in [0.5, 0.6) is 0 Å². The van der Waals surface area contributed by atoms with Crippen LogP contribution in [0.4, 0.5) is 17.6 Å². The summed E-state index contributed by atoms with van der Waals surface area (Å²) in [6, 6.07) is 2.22. The molecule has 5 nitrogen and oxygen atoms in total. The second-order valence-electron chi connectivity index (χ2n) is 4.96. The fourth-order valence-corrected chi connectivity index (χ4v) is 1.83. The number of carbonyl (C=O) groups is 2. The molecule has 0 saturated carbocycles. The van der Waals surface area contributed by atoms with Crippen LogP contribution in [-0.2, 0) is 22.3 Å². The van der Waals surface area contributed by atoms with Gasteiger partial charge in [-0.2, -0.15) is 13.2 Å². The largest absolute Gasteiger partial charge is 0.481 e. The molecular formula is C14H16F4N2O3. The fraction of sp³-hybridized carbons (Fsp3) is 0.429. The molecule has 1 amide bonds. The van der Waals surface area contributed by atoms with Gasteiger partial charge in [0.1, 0.15) is 5.82 Å².